The Morgan fingerprint density at radius 2 is 2.03 bits per heavy atom. The van der Waals surface area contributed by atoms with E-state index in [9.17, 15) is 9.59 Å². The van der Waals surface area contributed by atoms with Gasteiger partial charge >= 0.3 is 0 Å². The molecule has 5 rings (SSSR count). The van der Waals surface area contributed by atoms with Crippen LogP contribution in [0, 0.1) is 6.92 Å². The summed E-state index contributed by atoms with van der Waals surface area (Å²) in [6.07, 6.45) is 5.73. The number of carbonyl (C=O) groups is 1. The van der Waals surface area contributed by atoms with E-state index in [2.05, 4.69) is 10.5 Å². The van der Waals surface area contributed by atoms with Gasteiger partial charge in [-0.3, -0.25) is 14.2 Å². The van der Waals surface area contributed by atoms with Gasteiger partial charge in [0.1, 0.15) is 10.6 Å². The van der Waals surface area contributed by atoms with Crippen LogP contribution in [-0.4, -0.2) is 34.0 Å². The number of thiophene rings is 1. The summed E-state index contributed by atoms with van der Waals surface area (Å²) < 4.78 is 7.19. The topological polar surface area (TPSA) is 85.6 Å². The molecule has 1 aliphatic rings. The van der Waals surface area contributed by atoms with Crippen molar-refractivity contribution in [1.29, 1.82) is 0 Å². The molecule has 0 saturated carbocycles. The van der Waals surface area contributed by atoms with Gasteiger partial charge in [0.05, 0.1) is 29.6 Å². The first-order valence-corrected chi connectivity index (χ1v) is 14.2. The molecular weight excluding hydrogens is 504 g/mol. The van der Waals surface area contributed by atoms with Crippen LogP contribution in [0.2, 0.25) is 0 Å². The van der Waals surface area contributed by atoms with E-state index in [4.69, 9.17) is 9.72 Å². The van der Waals surface area contributed by atoms with Crippen molar-refractivity contribution in [3.63, 3.8) is 0 Å². The predicted molar refractivity (Wildman–Crippen MR) is 151 cm³/mol. The van der Waals surface area contributed by atoms with Crippen molar-refractivity contribution in [3.05, 3.63) is 80.5 Å². The summed E-state index contributed by atoms with van der Waals surface area (Å²) in [5, 5.41) is 5.27. The molecule has 0 radical (unpaired) electrons. The fraction of sp³-hybridized carbons (Fsp3) is 0.286. The maximum absolute atomic E-state index is 13.9. The quantitative estimate of drug-likeness (QED) is 0.145. The smallest absolute Gasteiger partial charge is 0.267 e. The average molecular weight is 533 g/mol. The molecule has 0 atom stereocenters. The van der Waals surface area contributed by atoms with E-state index < -0.39 is 0 Å². The Labute approximate surface area is 223 Å². The lowest BCUT2D eigenvalue weighted by Gasteiger charge is -2.14. The number of ether oxygens (including phenoxy) is 1. The standard InChI is InChI=1S/C28H28N4O3S2/c1-3-35-21-13-11-20(12-14-21)32-27(34)25-22-9-4-5-10-23(22)37-26(25)30-28(32)36-17-24(33)31-29-16-19-8-6-7-18(2)15-19/h6-8,11-16H,3-5,9-10,17H2,1-2H3,(H,31,33). The van der Waals surface area contributed by atoms with E-state index in [1.54, 1.807) is 22.1 Å². The molecule has 1 N–H and O–H groups in total. The fourth-order valence-electron chi connectivity index (χ4n) is 4.46. The summed E-state index contributed by atoms with van der Waals surface area (Å²) in [6, 6.07) is 15.3. The molecule has 0 unspecified atom stereocenters. The highest BCUT2D eigenvalue weighted by atomic mass is 32.2. The Bertz CT molecular complexity index is 1520. The van der Waals surface area contributed by atoms with Gasteiger partial charge in [0.15, 0.2) is 5.16 Å². The lowest BCUT2D eigenvalue weighted by molar-refractivity contribution is -0.118. The highest BCUT2D eigenvalue weighted by molar-refractivity contribution is 7.99. The highest BCUT2D eigenvalue weighted by Crippen LogP contribution is 2.35. The predicted octanol–water partition coefficient (Wildman–Crippen LogP) is 5.28. The Kier molecular flexibility index (Phi) is 7.71. The number of hydrazone groups is 1. The molecule has 0 aliphatic heterocycles. The number of rotatable bonds is 8. The van der Waals surface area contributed by atoms with Gasteiger partial charge in [0.25, 0.3) is 11.5 Å². The minimum atomic E-state index is -0.271. The number of fused-ring (bicyclic) bond motifs is 3. The molecule has 1 aliphatic carbocycles. The number of aryl methyl sites for hydroxylation is 3. The lowest BCUT2D eigenvalue weighted by Crippen LogP contribution is -2.24. The molecule has 0 saturated heterocycles. The Morgan fingerprint density at radius 3 is 2.81 bits per heavy atom. The zero-order valence-corrected chi connectivity index (χ0v) is 22.5. The van der Waals surface area contributed by atoms with E-state index in [0.717, 1.165) is 53.0 Å². The van der Waals surface area contributed by atoms with Crippen molar-refractivity contribution < 1.29 is 9.53 Å². The molecular formula is C28H28N4O3S2. The molecule has 2 aromatic carbocycles. The van der Waals surface area contributed by atoms with Gasteiger partial charge in [-0.2, -0.15) is 5.10 Å². The van der Waals surface area contributed by atoms with Crippen molar-refractivity contribution in [1.82, 2.24) is 15.0 Å². The van der Waals surface area contributed by atoms with Crippen molar-refractivity contribution in [3.8, 4) is 11.4 Å². The first kappa shape index (κ1) is 25.2. The summed E-state index contributed by atoms with van der Waals surface area (Å²) >= 11 is 2.84. The number of hydrogen-bond acceptors (Lipinski definition) is 7. The molecule has 0 spiro atoms. The zero-order valence-electron chi connectivity index (χ0n) is 20.8. The van der Waals surface area contributed by atoms with Gasteiger partial charge in [0.2, 0.25) is 0 Å². The summed E-state index contributed by atoms with van der Waals surface area (Å²) in [5.41, 5.74) is 6.35. The summed E-state index contributed by atoms with van der Waals surface area (Å²) in [6.45, 7) is 4.50. The van der Waals surface area contributed by atoms with Crippen LogP contribution in [0.5, 0.6) is 5.75 Å². The Hall–Kier alpha value is -3.43. The highest BCUT2D eigenvalue weighted by Gasteiger charge is 2.23. The van der Waals surface area contributed by atoms with Crippen LogP contribution < -0.4 is 15.7 Å². The van der Waals surface area contributed by atoms with Gasteiger partial charge < -0.3 is 4.74 Å². The van der Waals surface area contributed by atoms with E-state index in [1.165, 1.54) is 16.6 Å². The van der Waals surface area contributed by atoms with E-state index in [0.29, 0.717) is 22.8 Å². The molecule has 1 amide bonds. The first-order chi connectivity index (χ1) is 18.0. The SMILES string of the molecule is CCOc1ccc(-n2c(SCC(=O)NN=Cc3cccc(C)c3)nc3sc4c(c3c2=O)CCCC4)cc1. The second-order valence-electron chi connectivity index (χ2n) is 8.85. The van der Waals surface area contributed by atoms with Gasteiger partial charge in [-0.05, 0) is 74.9 Å². The number of benzene rings is 2. The molecule has 2 aromatic heterocycles. The van der Waals surface area contributed by atoms with E-state index >= 15 is 0 Å². The van der Waals surface area contributed by atoms with Gasteiger partial charge in [0, 0.05) is 4.88 Å². The fourth-order valence-corrected chi connectivity index (χ4v) is 6.57. The molecule has 9 heteroatoms. The largest absolute Gasteiger partial charge is 0.494 e. The van der Waals surface area contributed by atoms with Gasteiger partial charge in [-0.1, -0.05) is 41.6 Å². The van der Waals surface area contributed by atoms with E-state index in [1.807, 2.05) is 62.4 Å². The maximum atomic E-state index is 13.9. The van der Waals surface area contributed by atoms with Crippen LogP contribution in [0.25, 0.3) is 15.9 Å². The number of aromatic nitrogens is 2. The monoisotopic (exact) mass is 532 g/mol. The first-order valence-electron chi connectivity index (χ1n) is 12.4. The summed E-state index contributed by atoms with van der Waals surface area (Å²) in [4.78, 5) is 33.3. The van der Waals surface area contributed by atoms with Crippen molar-refractivity contribution >= 4 is 45.4 Å². The third kappa shape index (κ3) is 5.62. The van der Waals surface area contributed by atoms with Crippen LogP contribution in [0.1, 0.15) is 41.3 Å². The number of hydrogen-bond donors (Lipinski definition) is 1. The van der Waals surface area contributed by atoms with Crippen LogP contribution in [0.4, 0.5) is 0 Å². The van der Waals surface area contributed by atoms with Crippen molar-refractivity contribution in [2.75, 3.05) is 12.4 Å². The molecule has 0 bridgehead atoms. The molecule has 7 nitrogen and oxygen atoms in total. The molecule has 4 aromatic rings. The molecule has 190 valence electrons. The van der Waals surface area contributed by atoms with Crippen LogP contribution in [0.15, 0.2) is 63.6 Å². The number of nitrogens with zero attached hydrogens (tertiary/aromatic N) is 3. The second kappa shape index (κ2) is 11.3. The summed E-state index contributed by atoms with van der Waals surface area (Å²) in [5.74, 6) is 0.541. The zero-order chi connectivity index (χ0) is 25.8. The third-order valence-corrected chi connectivity index (χ3v) is 8.27. The summed E-state index contributed by atoms with van der Waals surface area (Å²) in [7, 11) is 0. The van der Waals surface area contributed by atoms with Crippen LogP contribution in [-0.2, 0) is 17.6 Å². The molecule has 2 heterocycles. The number of carbonyl (C=O) groups excluding carboxylic acids is 1. The maximum Gasteiger partial charge on any atom is 0.267 e. The van der Waals surface area contributed by atoms with Crippen molar-refractivity contribution in [2.45, 2.75) is 44.7 Å². The Balaban J connectivity index is 1.43. The molecule has 37 heavy (non-hydrogen) atoms. The second-order valence-corrected chi connectivity index (χ2v) is 10.9. The van der Waals surface area contributed by atoms with E-state index in [-0.39, 0.29) is 17.2 Å². The van der Waals surface area contributed by atoms with Gasteiger partial charge in [-0.15, -0.1) is 11.3 Å². The van der Waals surface area contributed by atoms with Crippen LogP contribution >= 0.6 is 23.1 Å². The molecule has 0 fully saturated rings. The minimum Gasteiger partial charge on any atom is -0.494 e. The number of thioether (sulfide) groups is 1. The van der Waals surface area contributed by atoms with Gasteiger partial charge in [-0.25, -0.2) is 10.4 Å². The number of amides is 1. The Morgan fingerprint density at radius 1 is 1.22 bits per heavy atom. The normalized spacial score (nSPS) is 13.1. The number of nitrogens with one attached hydrogen (secondary N) is 1. The minimum absolute atomic E-state index is 0.0746. The van der Waals surface area contributed by atoms with Crippen LogP contribution in [0.3, 0.4) is 0 Å². The van der Waals surface area contributed by atoms with Crippen molar-refractivity contribution in [2.24, 2.45) is 5.10 Å². The average Bonchev–Trinajstić information content (AvgIpc) is 3.27. The third-order valence-electron chi connectivity index (χ3n) is 6.14. The lowest BCUT2D eigenvalue weighted by atomic mass is 9.97.